The van der Waals surface area contributed by atoms with Crippen LogP contribution >= 0.6 is 11.8 Å². The van der Waals surface area contributed by atoms with E-state index in [0.717, 1.165) is 21.1 Å². The van der Waals surface area contributed by atoms with E-state index in [4.69, 9.17) is 14.4 Å². The summed E-state index contributed by atoms with van der Waals surface area (Å²) < 4.78 is 11.0. The Labute approximate surface area is 182 Å². The molecule has 0 aliphatic carbocycles. The van der Waals surface area contributed by atoms with Gasteiger partial charge in [0.2, 0.25) is 5.76 Å². The molecule has 0 atom stereocenters. The topological polar surface area (TPSA) is 92.3 Å². The second-order valence-electron chi connectivity index (χ2n) is 6.79. The molecular weight excluding hydrogens is 412 g/mol. The molecule has 6 nitrogen and oxygen atoms in total. The fraction of sp³-hybridized carbons (Fsp3) is 0.125. The van der Waals surface area contributed by atoms with E-state index in [1.165, 1.54) is 11.8 Å². The lowest BCUT2D eigenvalue weighted by atomic mass is 10.1. The first kappa shape index (κ1) is 20.5. The van der Waals surface area contributed by atoms with Crippen molar-refractivity contribution >= 4 is 51.1 Å². The van der Waals surface area contributed by atoms with Crippen LogP contribution in [0.4, 0.5) is 5.69 Å². The second kappa shape index (κ2) is 8.94. The molecule has 1 aromatic heterocycles. The number of nitrogens with zero attached hydrogens (tertiary/aromatic N) is 1. The van der Waals surface area contributed by atoms with Gasteiger partial charge in [-0.05, 0) is 24.4 Å². The number of carbonyl (C=O) groups excluding carboxylic acids is 2. The maximum atomic E-state index is 12.6. The smallest absolute Gasteiger partial charge is 0.375 e. The van der Waals surface area contributed by atoms with E-state index in [0.29, 0.717) is 16.8 Å². The predicted octanol–water partition coefficient (Wildman–Crippen LogP) is 5.31. The molecule has 0 unspecified atom stereocenters. The van der Waals surface area contributed by atoms with Gasteiger partial charge < -0.3 is 14.5 Å². The normalized spacial score (nSPS) is 10.7. The molecule has 4 aromatic rings. The highest BCUT2D eigenvalue weighted by atomic mass is 32.2. The summed E-state index contributed by atoms with van der Waals surface area (Å²) in [5.41, 5.74) is 1.86. The lowest BCUT2D eigenvalue weighted by Crippen LogP contribution is -2.21. The fourth-order valence-corrected chi connectivity index (χ4v) is 4.00. The monoisotopic (exact) mass is 430 g/mol. The molecule has 31 heavy (non-hydrogen) atoms. The van der Waals surface area contributed by atoms with Gasteiger partial charge in [0.15, 0.2) is 6.61 Å². The highest BCUT2D eigenvalue weighted by Crippen LogP contribution is 2.32. The molecule has 0 aliphatic rings. The van der Waals surface area contributed by atoms with Crippen LogP contribution < -0.4 is 5.32 Å². The first-order valence-electron chi connectivity index (χ1n) is 9.55. The van der Waals surface area contributed by atoms with Gasteiger partial charge in [-0.15, -0.1) is 11.8 Å². The number of hydrogen-bond acceptors (Lipinski definition) is 6. The summed E-state index contributed by atoms with van der Waals surface area (Å²) in [5.74, 6) is -0.816. The maximum absolute atomic E-state index is 12.6. The molecule has 0 bridgehead atoms. The number of hydrogen-bond donors (Lipinski definition) is 1. The number of para-hydroxylation sites is 1. The quantitative estimate of drug-likeness (QED) is 0.329. The number of aryl methyl sites for hydroxylation is 1. The molecular formula is C24H18N2O4S. The Morgan fingerprint density at radius 3 is 2.68 bits per heavy atom. The number of fused-ring (bicyclic) bond motifs is 3. The number of rotatable bonds is 6. The summed E-state index contributed by atoms with van der Waals surface area (Å²) in [4.78, 5) is 25.7. The number of amides is 1. The van der Waals surface area contributed by atoms with Crippen molar-refractivity contribution < 1.29 is 18.7 Å². The summed E-state index contributed by atoms with van der Waals surface area (Å²) in [5, 5.41) is 14.2. The zero-order valence-corrected chi connectivity index (χ0v) is 17.5. The van der Waals surface area contributed by atoms with Crippen molar-refractivity contribution in [1.29, 1.82) is 5.26 Å². The van der Waals surface area contributed by atoms with Crippen LogP contribution in [0.5, 0.6) is 0 Å². The Morgan fingerprint density at radius 2 is 1.84 bits per heavy atom. The minimum atomic E-state index is -0.694. The summed E-state index contributed by atoms with van der Waals surface area (Å²) in [6, 6.07) is 20.8. The minimum Gasteiger partial charge on any atom is -0.450 e. The van der Waals surface area contributed by atoms with Crippen molar-refractivity contribution in [3.63, 3.8) is 0 Å². The molecule has 1 N–H and O–H groups in total. The zero-order valence-electron chi connectivity index (χ0n) is 16.7. The Morgan fingerprint density at radius 1 is 1.06 bits per heavy atom. The van der Waals surface area contributed by atoms with E-state index in [1.807, 2.05) is 48.5 Å². The van der Waals surface area contributed by atoms with Crippen LogP contribution in [-0.2, 0) is 9.53 Å². The number of anilines is 1. The van der Waals surface area contributed by atoms with Crippen molar-refractivity contribution in [3.05, 3.63) is 72.0 Å². The van der Waals surface area contributed by atoms with Gasteiger partial charge >= 0.3 is 5.97 Å². The molecule has 1 amide bonds. The SMILES string of the molecule is Cc1c(C(=O)OCC(=O)Nc2ccccc2SCC#N)oc2c1ccc1ccccc12. The van der Waals surface area contributed by atoms with Crippen LogP contribution in [0, 0.1) is 18.3 Å². The fourth-order valence-electron chi connectivity index (χ4n) is 3.33. The second-order valence-corrected chi connectivity index (χ2v) is 7.80. The molecule has 0 aliphatic heterocycles. The van der Waals surface area contributed by atoms with Gasteiger partial charge in [0.25, 0.3) is 5.91 Å². The van der Waals surface area contributed by atoms with Crippen molar-refractivity contribution in [2.24, 2.45) is 0 Å². The number of thioether (sulfide) groups is 1. The number of nitriles is 1. The lowest BCUT2D eigenvalue weighted by Gasteiger charge is -2.09. The van der Waals surface area contributed by atoms with Gasteiger partial charge in [-0.3, -0.25) is 4.79 Å². The highest BCUT2D eigenvalue weighted by molar-refractivity contribution is 7.99. The van der Waals surface area contributed by atoms with Gasteiger partial charge in [-0.2, -0.15) is 5.26 Å². The first-order chi connectivity index (χ1) is 15.1. The molecule has 0 radical (unpaired) electrons. The number of benzene rings is 3. The van der Waals surface area contributed by atoms with E-state index in [9.17, 15) is 9.59 Å². The van der Waals surface area contributed by atoms with Crippen molar-refractivity contribution in [2.75, 3.05) is 17.7 Å². The minimum absolute atomic E-state index is 0.0872. The predicted molar refractivity (Wildman–Crippen MR) is 120 cm³/mol. The summed E-state index contributed by atoms with van der Waals surface area (Å²) in [6.45, 7) is 1.34. The molecule has 0 spiro atoms. The van der Waals surface area contributed by atoms with Crippen LogP contribution in [0.15, 0.2) is 70.0 Å². The third kappa shape index (κ3) is 4.25. The molecule has 4 rings (SSSR count). The maximum Gasteiger partial charge on any atom is 0.375 e. The molecule has 0 saturated carbocycles. The molecule has 1 heterocycles. The number of furan rings is 1. The standard InChI is InChI=1S/C24H18N2O4S/c1-15-17-11-10-16-6-2-3-7-18(16)23(17)30-22(15)24(28)29-14-21(27)26-19-8-4-5-9-20(19)31-13-12-25/h2-11H,13-14H2,1H3,(H,26,27). The van der Waals surface area contributed by atoms with Gasteiger partial charge in [0.1, 0.15) is 5.58 Å². The van der Waals surface area contributed by atoms with Gasteiger partial charge in [-0.1, -0.05) is 48.5 Å². The van der Waals surface area contributed by atoms with E-state index in [-0.39, 0.29) is 11.5 Å². The summed E-state index contributed by atoms with van der Waals surface area (Å²) in [7, 11) is 0. The largest absolute Gasteiger partial charge is 0.450 e. The molecule has 7 heteroatoms. The van der Waals surface area contributed by atoms with Crippen LogP contribution in [-0.4, -0.2) is 24.2 Å². The number of ether oxygens (including phenoxy) is 1. The van der Waals surface area contributed by atoms with Gasteiger partial charge in [0.05, 0.1) is 17.5 Å². The zero-order chi connectivity index (χ0) is 21.8. The molecule has 3 aromatic carbocycles. The third-order valence-corrected chi connectivity index (χ3v) is 5.74. The first-order valence-corrected chi connectivity index (χ1v) is 10.5. The number of esters is 1. The van der Waals surface area contributed by atoms with Crippen LogP contribution in [0.3, 0.4) is 0 Å². The Balaban J connectivity index is 1.47. The van der Waals surface area contributed by atoms with Crippen molar-refractivity contribution in [3.8, 4) is 6.07 Å². The third-order valence-electron chi connectivity index (χ3n) is 4.80. The lowest BCUT2D eigenvalue weighted by molar-refractivity contribution is -0.119. The average Bonchev–Trinajstić information content (AvgIpc) is 3.14. The summed E-state index contributed by atoms with van der Waals surface area (Å²) >= 11 is 1.32. The molecule has 154 valence electrons. The van der Waals surface area contributed by atoms with Crippen molar-refractivity contribution in [2.45, 2.75) is 11.8 Å². The molecule has 0 saturated heterocycles. The average molecular weight is 430 g/mol. The van der Waals surface area contributed by atoms with Gasteiger partial charge in [0, 0.05) is 21.2 Å². The number of carbonyl (C=O) groups is 2. The Kier molecular flexibility index (Phi) is 5.92. The highest BCUT2D eigenvalue weighted by Gasteiger charge is 2.21. The number of nitrogens with one attached hydrogen (secondary N) is 1. The Hall–Kier alpha value is -3.76. The Bertz CT molecular complexity index is 1340. The van der Waals surface area contributed by atoms with E-state index in [2.05, 4.69) is 11.4 Å². The van der Waals surface area contributed by atoms with E-state index in [1.54, 1.807) is 19.1 Å². The van der Waals surface area contributed by atoms with E-state index < -0.39 is 18.5 Å². The van der Waals surface area contributed by atoms with Crippen LogP contribution in [0.2, 0.25) is 0 Å². The van der Waals surface area contributed by atoms with Crippen molar-refractivity contribution in [1.82, 2.24) is 0 Å². The van der Waals surface area contributed by atoms with Crippen LogP contribution in [0.1, 0.15) is 16.1 Å². The summed E-state index contributed by atoms with van der Waals surface area (Å²) in [6.07, 6.45) is 0. The molecule has 0 fully saturated rings. The van der Waals surface area contributed by atoms with Gasteiger partial charge in [-0.25, -0.2) is 4.79 Å². The van der Waals surface area contributed by atoms with Crippen LogP contribution in [0.25, 0.3) is 21.7 Å². The van der Waals surface area contributed by atoms with E-state index >= 15 is 0 Å².